The van der Waals surface area contributed by atoms with Crippen molar-refractivity contribution in [2.75, 3.05) is 0 Å². The topological polar surface area (TPSA) is 74.6 Å². The van der Waals surface area contributed by atoms with Crippen LogP contribution in [0.5, 0.6) is 0 Å². The van der Waals surface area contributed by atoms with E-state index in [1.54, 1.807) is 13.8 Å². The highest BCUT2D eigenvalue weighted by Gasteiger charge is 2.22. The highest BCUT2D eigenvalue weighted by molar-refractivity contribution is 5.70. The first-order valence-electron chi connectivity index (χ1n) is 4.43. The standard InChI is InChI=1S/C9H16O4/c1-3-7(9(12)13)6(2)4-5-8(10)11/h6-7H,3-5H2,1-2H3,(H,10,11)(H,12,13). The summed E-state index contributed by atoms with van der Waals surface area (Å²) < 4.78 is 0. The molecule has 0 fully saturated rings. The molecule has 0 saturated heterocycles. The van der Waals surface area contributed by atoms with E-state index in [0.29, 0.717) is 12.8 Å². The SMILES string of the molecule is CCC(C(=O)O)C(C)CCC(=O)O. The van der Waals surface area contributed by atoms with Crippen molar-refractivity contribution >= 4 is 11.9 Å². The van der Waals surface area contributed by atoms with Gasteiger partial charge in [0.25, 0.3) is 0 Å². The molecule has 0 amide bonds. The first-order valence-corrected chi connectivity index (χ1v) is 4.43. The second-order valence-corrected chi connectivity index (χ2v) is 3.26. The van der Waals surface area contributed by atoms with Crippen LogP contribution in [0.3, 0.4) is 0 Å². The number of aliphatic carboxylic acids is 2. The van der Waals surface area contributed by atoms with E-state index in [1.165, 1.54) is 0 Å². The van der Waals surface area contributed by atoms with E-state index in [2.05, 4.69) is 0 Å². The molecule has 0 bridgehead atoms. The fourth-order valence-electron chi connectivity index (χ4n) is 1.37. The second kappa shape index (κ2) is 5.56. The summed E-state index contributed by atoms with van der Waals surface area (Å²) in [7, 11) is 0. The Hall–Kier alpha value is -1.06. The number of carboxylic acid groups (broad SMARTS) is 2. The number of rotatable bonds is 6. The monoisotopic (exact) mass is 188 g/mol. The molecule has 0 spiro atoms. The van der Waals surface area contributed by atoms with Gasteiger partial charge in [0.15, 0.2) is 0 Å². The van der Waals surface area contributed by atoms with Crippen molar-refractivity contribution in [2.45, 2.75) is 33.1 Å². The van der Waals surface area contributed by atoms with Crippen LogP contribution < -0.4 is 0 Å². The molecule has 2 N–H and O–H groups in total. The summed E-state index contributed by atoms with van der Waals surface area (Å²) in [6, 6.07) is 0. The summed E-state index contributed by atoms with van der Waals surface area (Å²) in [6.45, 7) is 3.58. The van der Waals surface area contributed by atoms with Crippen LogP contribution in [0, 0.1) is 11.8 Å². The molecular weight excluding hydrogens is 172 g/mol. The number of carbonyl (C=O) groups is 2. The summed E-state index contributed by atoms with van der Waals surface area (Å²) in [6.07, 6.45) is 1.03. The van der Waals surface area contributed by atoms with Gasteiger partial charge in [-0.1, -0.05) is 13.8 Å². The van der Waals surface area contributed by atoms with E-state index in [4.69, 9.17) is 10.2 Å². The molecule has 0 aliphatic heterocycles. The lowest BCUT2D eigenvalue weighted by atomic mass is 9.88. The lowest BCUT2D eigenvalue weighted by molar-refractivity contribution is -0.145. The molecule has 0 saturated carbocycles. The molecule has 4 heteroatoms. The van der Waals surface area contributed by atoms with Crippen molar-refractivity contribution in [1.82, 2.24) is 0 Å². The Morgan fingerprint density at radius 2 is 1.85 bits per heavy atom. The van der Waals surface area contributed by atoms with Gasteiger partial charge in [0.1, 0.15) is 0 Å². The molecule has 0 rings (SSSR count). The van der Waals surface area contributed by atoms with E-state index in [9.17, 15) is 9.59 Å². The summed E-state index contributed by atoms with van der Waals surface area (Å²) in [5.74, 6) is -2.19. The van der Waals surface area contributed by atoms with Crippen molar-refractivity contribution in [1.29, 1.82) is 0 Å². The minimum absolute atomic E-state index is 0.0466. The summed E-state index contributed by atoms with van der Waals surface area (Å²) in [5.41, 5.74) is 0. The number of hydrogen-bond donors (Lipinski definition) is 2. The molecule has 0 aliphatic carbocycles. The van der Waals surface area contributed by atoms with Gasteiger partial charge in [-0.15, -0.1) is 0 Å². The Morgan fingerprint density at radius 1 is 1.31 bits per heavy atom. The Bertz CT molecular complexity index is 188. The number of hydrogen-bond acceptors (Lipinski definition) is 2. The zero-order valence-electron chi connectivity index (χ0n) is 7.99. The van der Waals surface area contributed by atoms with Crippen LogP contribution in [0.1, 0.15) is 33.1 Å². The molecule has 2 atom stereocenters. The Balaban J connectivity index is 3.98. The maximum Gasteiger partial charge on any atom is 0.306 e. The first-order chi connectivity index (χ1) is 5.99. The molecule has 0 aromatic carbocycles. The molecule has 0 aliphatic rings. The maximum absolute atomic E-state index is 10.7. The molecule has 0 heterocycles. The highest BCUT2D eigenvalue weighted by atomic mass is 16.4. The maximum atomic E-state index is 10.7. The van der Waals surface area contributed by atoms with Crippen LogP contribution >= 0.6 is 0 Å². The zero-order chi connectivity index (χ0) is 10.4. The minimum Gasteiger partial charge on any atom is -0.481 e. The molecule has 2 unspecified atom stereocenters. The molecule has 0 aromatic heterocycles. The summed E-state index contributed by atoms with van der Waals surface area (Å²) in [5, 5.41) is 17.2. The van der Waals surface area contributed by atoms with Gasteiger partial charge in [-0.05, 0) is 18.8 Å². The van der Waals surface area contributed by atoms with Crippen LogP contribution in [0.15, 0.2) is 0 Å². The van der Waals surface area contributed by atoms with E-state index in [0.717, 1.165) is 0 Å². The van der Waals surface area contributed by atoms with Crippen molar-refractivity contribution in [2.24, 2.45) is 11.8 Å². The third kappa shape index (κ3) is 4.50. The highest BCUT2D eigenvalue weighted by Crippen LogP contribution is 2.20. The Morgan fingerprint density at radius 3 is 2.15 bits per heavy atom. The molecule has 0 aromatic rings. The molecule has 13 heavy (non-hydrogen) atoms. The fraction of sp³-hybridized carbons (Fsp3) is 0.778. The molecular formula is C9H16O4. The Labute approximate surface area is 77.6 Å². The quantitative estimate of drug-likeness (QED) is 0.663. The van der Waals surface area contributed by atoms with E-state index >= 15 is 0 Å². The van der Waals surface area contributed by atoms with Crippen molar-refractivity contribution in [3.05, 3.63) is 0 Å². The molecule has 76 valence electrons. The van der Waals surface area contributed by atoms with Gasteiger partial charge in [0, 0.05) is 6.42 Å². The van der Waals surface area contributed by atoms with E-state index < -0.39 is 17.9 Å². The van der Waals surface area contributed by atoms with Crippen molar-refractivity contribution < 1.29 is 19.8 Å². The third-order valence-corrected chi connectivity index (χ3v) is 2.26. The lowest BCUT2D eigenvalue weighted by Gasteiger charge is -2.17. The summed E-state index contributed by atoms with van der Waals surface area (Å²) >= 11 is 0. The van der Waals surface area contributed by atoms with Gasteiger partial charge >= 0.3 is 11.9 Å². The average Bonchev–Trinajstić information content (AvgIpc) is 2.01. The van der Waals surface area contributed by atoms with Gasteiger partial charge in [0.05, 0.1) is 5.92 Å². The predicted octanol–water partition coefficient (Wildman–Crippen LogP) is 1.60. The third-order valence-electron chi connectivity index (χ3n) is 2.26. The van der Waals surface area contributed by atoms with Crippen LogP contribution in [0.2, 0.25) is 0 Å². The largest absolute Gasteiger partial charge is 0.481 e. The van der Waals surface area contributed by atoms with Crippen molar-refractivity contribution in [3.8, 4) is 0 Å². The van der Waals surface area contributed by atoms with Crippen molar-refractivity contribution in [3.63, 3.8) is 0 Å². The van der Waals surface area contributed by atoms with Gasteiger partial charge in [0.2, 0.25) is 0 Å². The van der Waals surface area contributed by atoms with Crippen LogP contribution in [0.4, 0.5) is 0 Å². The van der Waals surface area contributed by atoms with Crippen LogP contribution in [-0.2, 0) is 9.59 Å². The zero-order valence-corrected chi connectivity index (χ0v) is 7.99. The van der Waals surface area contributed by atoms with Gasteiger partial charge in [-0.2, -0.15) is 0 Å². The fourth-order valence-corrected chi connectivity index (χ4v) is 1.37. The minimum atomic E-state index is -0.868. The van der Waals surface area contributed by atoms with Gasteiger partial charge < -0.3 is 10.2 Å². The summed E-state index contributed by atoms with van der Waals surface area (Å²) in [4.78, 5) is 20.9. The average molecular weight is 188 g/mol. The van der Waals surface area contributed by atoms with E-state index in [1.807, 2.05) is 0 Å². The van der Waals surface area contributed by atoms with Crippen LogP contribution in [0.25, 0.3) is 0 Å². The van der Waals surface area contributed by atoms with Gasteiger partial charge in [-0.3, -0.25) is 9.59 Å². The van der Waals surface area contributed by atoms with E-state index in [-0.39, 0.29) is 12.3 Å². The number of carboxylic acids is 2. The second-order valence-electron chi connectivity index (χ2n) is 3.26. The van der Waals surface area contributed by atoms with Gasteiger partial charge in [-0.25, -0.2) is 0 Å². The smallest absolute Gasteiger partial charge is 0.306 e. The Kier molecular flexibility index (Phi) is 5.11. The normalized spacial score (nSPS) is 14.9. The lowest BCUT2D eigenvalue weighted by Crippen LogP contribution is -2.21. The predicted molar refractivity (Wildman–Crippen MR) is 47.5 cm³/mol. The van der Waals surface area contributed by atoms with Crippen LogP contribution in [-0.4, -0.2) is 22.2 Å². The molecule has 4 nitrogen and oxygen atoms in total. The first kappa shape index (κ1) is 11.9. The molecule has 0 radical (unpaired) electrons.